The third kappa shape index (κ3) is 7.64. The van der Waals surface area contributed by atoms with Gasteiger partial charge in [0.1, 0.15) is 11.4 Å². The molecule has 0 amide bonds. The minimum Gasteiger partial charge on any atom is -0.460 e. The van der Waals surface area contributed by atoms with Crippen LogP contribution in [-0.4, -0.2) is 40.6 Å². The Morgan fingerprint density at radius 1 is 1.19 bits per heavy atom. The van der Waals surface area contributed by atoms with Crippen molar-refractivity contribution in [3.05, 3.63) is 72.7 Å². The molecule has 42 heavy (non-hydrogen) atoms. The molecule has 4 rings (SSSR count). The molecule has 1 aliphatic heterocycles. The van der Waals surface area contributed by atoms with Gasteiger partial charge in [-0.3, -0.25) is 4.79 Å². The summed E-state index contributed by atoms with van der Waals surface area (Å²) in [5.41, 5.74) is 3.10. The molecule has 0 bridgehead atoms. The number of aromatic nitrogens is 1. The number of ether oxygens (including phenoxy) is 3. The number of benzene rings is 2. The van der Waals surface area contributed by atoms with Crippen molar-refractivity contribution < 1.29 is 32.2 Å². The predicted molar refractivity (Wildman–Crippen MR) is 159 cm³/mol. The van der Waals surface area contributed by atoms with Gasteiger partial charge in [0.25, 0.3) is 5.92 Å². The number of alkyl halides is 2. The number of esters is 1. The van der Waals surface area contributed by atoms with E-state index in [0.29, 0.717) is 25.9 Å². The molecule has 2 unspecified atom stereocenters. The highest BCUT2D eigenvalue weighted by Crippen LogP contribution is 2.41. The molecule has 5 nitrogen and oxygen atoms in total. The standard InChI is InChI=1S/C34H42F3NO4/c1-7-18-34(36,37)19-16-30(39)42-32(4,5)21-26-17-20-40-33(6,41-26)22-29-31(24-12-14-25(35)15-13-24)27-10-8-9-11-28(27)38(29)23(2)3/h7-15,23,26H,1,16-22H2,2-6H3. The Kier molecular flexibility index (Phi) is 9.58. The molecule has 8 heteroatoms. The average molecular weight is 586 g/mol. The highest BCUT2D eigenvalue weighted by atomic mass is 19.3. The van der Waals surface area contributed by atoms with Gasteiger partial charge in [-0.1, -0.05) is 36.4 Å². The molecule has 1 fully saturated rings. The summed E-state index contributed by atoms with van der Waals surface area (Å²) in [7, 11) is 0. The molecule has 0 N–H and O–H groups in total. The Labute approximate surface area is 246 Å². The molecule has 0 saturated carbocycles. The van der Waals surface area contributed by atoms with Crippen LogP contribution in [0.5, 0.6) is 0 Å². The lowest BCUT2D eigenvalue weighted by Gasteiger charge is -2.41. The fourth-order valence-electron chi connectivity index (χ4n) is 5.96. The van der Waals surface area contributed by atoms with E-state index in [2.05, 4.69) is 37.1 Å². The maximum absolute atomic E-state index is 13.9. The van der Waals surface area contributed by atoms with Crippen LogP contribution in [0, 0.1) is 5.82 Å². The van der Waals surface area contributed by atoms with Crippen LogP contribution in [0.25, 0.3) is 22.0 Å². The van der Waals surface area contributed by atoms with Crippen LogP contribution in [-0.2, 0) is 25.4 Å². The van der Waals surface area contributed by atoms with Crippen LogP contribution in [0.3, 0.4) is 0 Å². The first-order chi connectivity index (χ1) is 19.7. The fraction of sp³-hybridized carbons (Fsp3) is 0.500. The van der Waals surface area contributed by atoms with Crippen molar-refractivity contribution in [2.75, 3.05) is 6.61 Å². The molecular weight excluding hydrogens is 543 g/mol. The number of carbonyl (C=O) groups is 1. The molecule has 228 valence electrons. The second-order valence-electron chi connectivity index (χ2n) is 12.3. The quantitative estimate of drug-likeness (QED) is 0.157. The van der Waals surface area contributed by atoms with Crippen molar-refractivity contribution in [2.24, 2.45) is 0 Å². The van der Waals surface area contributed by atoms with Crippen molar-refractivity contribution >= 4 is 16.9 Å². The molecular formula is C34H42F3NO4. The van der Waals surface area contributed by atoms with E-state index in [1.54, 1.807) is 26.0 Å². The molecule has 0 aliphatic carbocycles. The van der Waals surface area contributed by atoms with Crippen LogP contribution >= 0.6 is 0 Å². The van der Waals surface area contributed by atoms with Gasteiger partial charge in [0.2, 0.25) is 0 Å². The summed E-state index contributed by atoms with van der Waals surface area (Å²) in [6, 6.07) is 14.8. The lowest BCUT2D eigenvalue weighted by Crippen LogP contribution is -2.47. The van der Waals surface area contributed by atoms with Gasteiger partial charge in [-0.2, -0.15) is 0 Å². The Hall–Kier alpha value is -3.10. The largest absolute Gasteiger partial charge is 0.460 e. The lowest BCUT2D eigenvalue weighted by molar-refractivity contribution is -0.288. The van der Waals surface area contributed by atoms with Crippen LogP contribution in [0.4, 0.5) is 13.2 Å². The Morgan fingerprint density at radius 3 is 2.55 bits per heavy atom. The van der Waals surface area contributed by atoms with Gasteiger partial charge in [-0.15, -0.1) is 6.58 Å². The second kappa shape index (κ2) is 12.6. The normalized spacial score (nSPS) is 19.8. The van der Waals surface area contributed by atoms with E-state index in [1.807, 2.05) is 19.1 Å². The van der Waals surface area contributed by atoms with E-state index in [4.69, 9.17) is 14.2 Å². The van der Waals surface area contributed by atoms with E-state index in [0.717, 1.165) is 33.8 Å². The van der Waals surface area contributed by atoms with Gasteiger partial charge in [0, 0.05) is 53.9 Å². The molecule has 0 spiro atoms. The summed E-state index contributed by atoms with van der Waals surface area (Å²) < 4.78 is 62.2. The van der Waals surface area contributed by atoms with Gasteiger partial charge < -0.3 is 18.8 Å². The average Bonchev–Trinajstić information content (AvgIpc) is 3.20. The van der Waals surface area contributed by atoms with Crippen LogP contribution in [0.15, 0.2) is 61.2 Å². The van der Waals surface area contributed by atoms with Crippen molar-refractivity contribution in [2.45, 2.75) is 103 Å². The van der Waals surface area contributed by atoms with E-state index in [9.17, 15) is 18.0 Å². The number of halogens is 3. The van der Waals surface area contributed by atoms with Crippen molar-refractivity contribution in [3.8, 4) is 11.1 Å². The maximum atomic E-state index is 13.9. The molecule has 1 aromatic heterocycles. The van der Waals surface area contributed by atoms with Gasteiger partial charge in [0.05, 0.1) is 19.1 Å². The zero-order valence-electron chi connectivity index (χ0n) is 25.2. The monoisotopic (exact) mass is 585 g/mol. The van der Waals surface area contributed by atoms with Crippen LogP contribution in [0.2, 0.25) is 0 Å². The van der Waals surface area contributed by atoms with Crippen molar-refractivity contribution in [3.63, 3.8) is 0 Å². The zero-order chi connectivity index (χ0) is 30.7. The third-order valence-corrected chi connectivity index (χ3v) is 7.66. The summed E-state index contributed by atoms with van der Waals surface area (Å²) in [6.45, 7) is 13.5. The van der Waals surface area contributed by atoms with Gasteiger partial charge in [-0.05, 0) is 64.8 Å². The van der Waals surface area contributed by atoms with Gasteiger partial charge in [-0.25, -0.2) is 13.2 Å². The topological polar surface area (TPSA) is 49.7 Å². The van der Waals surface area contributed by atoms with Crippen LogP contribution < -0.4 is 0 Å². The minimum atomic E-state index is -2.98. The summed E-state index contributed by atoms with van der Waals surface area (Å²) in [4.78, 5) is 12.4. The minimum absolute atomic E-state index is 0.138. The second-order valence-corrected chi connectivity index (χ2v) is 12.3. The predicted octanol–water partition coefficient (Wildman–Crippen LogP) is 8.80. The summed E-state index contributed by atoms with van der Waals surface area (Å²) in [5.74, 6) is -4.92. The number of carbonyl (C=O) groups excluding carboxylic acids is 1. The van der Waals surface area contributed by atoms with E-state index in [1.165, 1.54) is 12.1 Å². The number of rotatable bonds is 12. The molecule has 0 radical (unpaired) electrons. The smallest absolute Gasteiger partial charge is 0.306 e. The van der Waals surface area contributed by atoms with E-state index < -0.39 is 36.1 Å². The Balaban J connectivity index is 1.55. The number of allylic oxidation sites excluding steroid dienone is 1. The molecule has 2 heterocycles. The molecule has 2 aromatic carbocycles. The first-order valence-corrected chi connectivity index (χ1v) is 14.6. The highest BCUT2D eigenvalue weighted by molar-refractivity contribution is 5.98. The van der Waals surface area contributed by atoms with E-state index >= 15 is 0 Å². The van der Waals surface area contributed by atoms with Crippen LogP contribution in [0.1, 0.15) is 78.5 Å². The first-order valence-electron chi connectivity index (χ1n) is 14.6. The molecule has 3 aromatic rings. The highest BCUT2D eigenvalue weighted by Gasteiger charge is 2.40. The maximum Gasteiger partial charge on any atom is 0.306 e. The van der Waals surface area contributed by atoms with Gasteiger partial charge in [0.15, 0.2) is 5.79 Å². The Bertz CT molecular complexity index is 1400. The Morgan fingerprint density at radius 2 is 1.88 bits per heavy atom. The van der Waals surface area contributed by atoms with Crippen molar-refractivity contribution in [1.82, 2.24) is 4.57 Å². The number of fused-ring (bicyclic) bond motifs is 1. The number of hydrogen-bond acceptors (Lipinski definition) is 4. The van der Waals surface area contributed by atoms with Crippen molar-refractivity contribution in [1.29, 1.82) is 0 Å². The fourth-order valence-corrected chi connectivity index (χ4v) is 5.96. The first kappa shape index (κ1) is 31.8. The SMILES string of the molecule is C=CCC(F)(F)CCC(=O)OC(C)(C)CC1CCOC(C)(Cc2c(-c3ccc(F)cc3)c3ccccc3n2C(C)C)O1. The van der Waals surface area contributed by atoms with Gasteiger partial charge >= 0.3 is 5.97 Å². The lowest BCUT2D eigenvalue weighted by atomic mass is 9.95. The summed E-state index contributed by atoms with van der Waals surface area (Å²) in [6.07, 6.45) is 0.865. The number of nitrogens with zero attached hydrogens (tertiary/aromatic N) is 1. The molecule has 1 aliphatic rings. The number of para-hydroxylation sites is 1. The molecule has 1 saturated heterocycles. The zero-order valence-corrected chi connectivity index (χ0v) is 25.2. The number of hydrogen-bond donors (Lipinski definition) is 0. The summed E-state index contributed by atoms with van der Waals surface area (Å²) >= 11 is 0. The third-order valence-electron chi connectivity index (χ3n) is 7.66. The molecule has 2 atom stereocenters. The summed E-state index contributed by atoms with van der Waals surface area (Å²) in [5, 5.41) is 1.07. The van der Waals surface area contributed by atoms with E-state index in [-0.39, 0.29) is 24.4 Å².